The second kappa shape index (κ2) is 5.22. The Morgan fingerprint density at radius 3 is 2.60 bits per heavy atom. The summed E-state index contributed by atoms with van der Waals surface area (Å²) in [4.78, 5) is 0. The van der Waals surface area contributed by atoms with Crippen LogP contribution in [0.2, 0.25) is 0 Å². The third-order valence-corrected chi connectivity index (χ3v) is 5.37. The van der Waals surface area contributed by atoms with Crippen molar-refractivity contribution in [2.45, 2.75) is 5.03 Å². The Balaban J connectivity index is 2.59. The second-order valence-electron chi connectivity index (χ2n) is 3.91. The van der Waals surface area contributed by atoms with Crippen LogP contribution in [-0.4, -0.2) is 30.5 Å². The van der Waals surface area contributed by atoms with Crippen molar-refractivity contribution >= 4 is 31.6 Å². The van der Waals surface area contributed by atoms with Crippen molar-refractivity contribution in [1.29, 1.82) is 5.26 Å². The molecule has 0 atom stereocenters. The van der Waals surface area contributed by atoms with E-state index in [1.807, 2.05) is 6.07 Å². The normalized spacial score (nSPS) is 11.1. The maximum Gasteiger partial charge on any atom is 0.284 e. The molecule has 7 nitrogen and oxygen atoms in total. The zero-order valence-corrected chi connectivity index (χ0v) is 13.1. The molecule has 1 aromatic carbocycles. The largest absolute Gasteiger partial charge is 0.284 e. The highest BCUT2D eigenvalue weighted by atomic mass is 79.9. The number of benzene rings is 1. The number of para-hydroxylation sites is 1. The lowest BCUT2D eigenvalue weighted by atomic mass is 10.2. The molecule has 0 spiro atoms. The third kappa shape index (κ3) is 2.28. The predicted octanol–water partition coefficient (Wildman–Crippen LogP) is 1.27. The van der Waals surface area contributed by atoms with Gasteiger partial charge in [0.05, 0.1) is 11.3 Å². The van der Waals surface area contributed by atoms with Crippen molar-refractivity contribution in [1.82, 2.24) is 15.0 Å². The molecular weight excluding hydrogens is 346 g/mol. The minimum absolute atomic E-state index is 0.0762. The van der Waals surface area contributed by atoms with E-state index >= 15 is 0 Å². The molecule has 0 N–H and O–H groups in total. The molecule has 9 heteroatoms. The van der Waals surface area contributed by atoms with Crippen molar-refractivity contribution in [2.24, 2.45) is 7.05 Å². The van der Waals surface area contributed by atoms with Crippen LogP contribution in [0.1, 0.15) is 5.56 Å². The van der Waals surface area contributed by atoms with Gasteiger partial charge in [0.2, 0.25) is 5.03 Å². The zero-order valence-electron chi connectivity index (χ0n) is 10.6. The molecule has 2 rings (SSSR count). The first kappa shape index (κ1) is 14.5. The van der Waals surface area contributed by atoms with Crippen LogP contribution in [0.25, 0.3) is 0 Å². The van der Waals surface area contributed by atoms with Crippen molar-refractivity contribution in [3.63, 3.8) is 0 Å². The maximum atomic E-state index is 12.6. The Hall–Kier alpha value is -1.92. The molecule has 0 aliphatic carbocycles. The molecule has 0 aliphatic rings. The molecule has 0 bridgehead atoms. The van der Waals surface area contributed by atoms with Gasteiger partial charge in [0.1, 0.15) is 6.07 Å². The molecule has 0 unspecified atom stereocenters. The van der Waals surface area contributed by atoms with E-state index in [9.17, 15) is 8.42 Å². The fourth-order valence-corrected chi connectivity index (χ4v) is 3.94. The fraction of sp³-hybridized carbons (Fsp3) is 0.182. The molecule has 0 radical (unpaired) electrons. The van der Waals surface area contributed by atoms with Crippen LogP contribution in [0.15, 0.2) is 33.9 Å². The van der Waals surface area contributed by atoms with E-state index in [0.29, 0.717) is 5.69 Å². The van der Waals surface area contributed by atoms with Gasteiger partial charge in [-0.05, 0) is 28.1 Å². The van der Waals surface area contributed by atoms with Crippen LogP contribution >= 0.6 is 15.9 Å². The third-order valence-electron chi connectivity index (χ3n) is 2.71. The van der Waals surface area contributed by atoms with Gasteiger partial charge >= 0.3 is 0 Å². The Labute approximate surface area is 124 Å². The molecule has 0 saturated carbocycles. The van der Waals surface area contributed by atoms with E-state index in [2.05, 4.69) is 26.2 Å². The summed E-state index contributed by atoms with van der Waals surface area (Å²) in [5.41, 5.74) is 0.563. The van der Waals surface area contributed by atoms with Gasteiger partial charge in [0.15, 0.2) is 4.60 Å². The topological polar surface area (TPSA) is 91.9 Å². The Kier molecular flexibility index (Phi) is 3.78. The van der Waals surface area contributed by atoms with Gasteiger partial charge in [-0.3, -0.25) is 4.31 Å². The first-order valence-electron chi connectivity index (χ1n) is 5.43. The number of rotatable bonds is 3. The van der Waals surface area contributed by atoms with Crippen molar-refractivity contribution in [3.8, 4) is 6.07 Å². The summed E-state index contributed by atoms with van der Waals surface area (Å²) in [5.74, 6) is 0. The highest BCUT2D eigenvalue weighted by Gasteiger charge is 2.29. The van der Waals surface area contributed by atoms with Gasteiger partial charge in [0.25, 0.3) is 10.0 Å². The highest BCUT2D eigenvalue weighted by molar-refractivity contribution is 9.10. The van der Waals surface area contributed by atoms with Crippen molar-refractivity contribution in [3.05, 3.63) is 34.4 Å². The van der Waals surface area contributed by atoms with Gasteiger partial charge in [0, 0.05) is 14.1 Å². The number of aryl methyl sites for hydroxylation is 1. The zero-order chi connectivity index (χ0) is 14.9. The molecule has 2 aromatic rings. The first-order chi connectivity index (χ1) is 9.39. The van der Waals surface area contributed by atoms with E-state index in [0.717, 1.165) is 8.99 Å². The van der Waals surface area contributed by atoms with Crippen LogP contribution < -0.4 is 4.31 Å². The van der Waals surface area contributed by atoms with E-state index in [1.165, 1.54) is 14.1 Å². The van der Waals surface area contributed by atoms with Crippen molar-refractivity contribution < 1.29 is 8.42 Å². The number of aromatic nitrogens is 3. The summed E-state index contributed by atoms with van der Waals surface area (Å²) in [6, 6.07) is 8.42. The first-order valence-corrected chi connectivity index (χ1v) is 7.66. The maximum absolute atomic E-state index is 12.6. The monoisotopic (exact) mass is 355 g/mol. The lowest BCUT2D eigenvalue weighted by Gasteiger charge is -2.20. The van der Waals surface area contributed by atoms with E-state index in [1.54, 1.807) is 24.3 Å². The Morgan fingerprint density at radius 2 is 2.05 bits per heavy atom. The van der Waals surface area contributed by atoms with Gasteiger partial charge in [-0.15, -0.1) is 5.10 Å². The lowest BCUT2D eigenvalue weighted by molar-refractivity contribution is 0.572. The van der Waals surface area contributed by atoms with Gasteiger partial charge in [-0.25, -0.2) is 4.68 Å². The van der Waals surface area contributed by atoms with Gasteiger partial charge in [-0.2, -0.15) is 13.7 Å². The SMILES string of the molecule is CN(c1ccccc1C#N)S(=O)(=O)c1c(Br)nnn1C. The Morgan fingerprint density at radius 1 is 1.40 bits per heavy atom. The number of nitrogens with zero attached hydrogens (tertiary/aromatic N) is 5. The average molecular weight is 356 g/mol. The number of nitriles is 1. The lowest BCUT2D eigenvalue weighted by Crippen LogP contribution is -2.29. The van der Waals surface area contributed by atoms with Crippen LogP contribution in [0, 0.1) is 11.3 Å². The number of sulfonamides is 1. The summed E-state index contributed by atoms with van der Waals surface area (Å²) < 4.78 is 27.5. The standard InChI is InChI=1S/C11H10BrN5O2S/c1-16-11(10(12)14-15-16)20(18,19)17(2)9-6-4-3-5-8(9)7-13/h3-6H,1-2H3. The van der Waals surface area contributed by atoms with Crippen LogP contribution in [0.3, 0.4) is 0 Å². The van der Waals surface area contributed by atoms with Crippen LogP contribution in [0.4, 0.5) is 5.69 Å². The molecule has 20 heavy (non-hydrogen) atoms. The molecule has 0 aliphatic heterocycles. The molecule has 1 heterocycles. The van der Waals surface area contributed by atoms with Crippen LogP contribution in [0.5, 0.6) is 0 Å². The number of halogens is 1. The minimum atomic E-state index is -3.87. The Bertz CT molecular complexity index is 774. The predicted molar refractivity (Wildman–Crippen MR) is 75.4 cm³/mol. The number of hydrogen-bond donors (Lipinski definition) is 0. The van der Waals surface area contributed by atoms with Gasteiger partial charge in [-0.1, -0.05) is 17.3 Å². The van der Waals surface area contributed by atoms with E-state index < -0.39 is 10.0 Å². The summed E-state index contributed by atoms with van der Waals surface area (Å²) in [6.45, 7) is 0. The summed E-state index contributed by atoms with van der Waals surface area (Å²) in [6.07, 6.45) is 0. The molecule has 104 valence electrons. The number of hydrogen-bond acceptors (Lipinski definition) is 5. The molecule has 0 fully saturated rings. The summed E-state index contributed by atoms with van der Waals surface area (Å²) >= 11 is 3.06. The van der Waals surface area contributed by atoms with Crippen molar-refractivity contribution in [2.75, 3.05) is 11.4 Å². The van der Waals surface area contributed by atoms with E-state index in [4.69, 9.17) is 5.26 Å². The quantitative estimate of drug-likeness (QED) is 0.826. The van der Waals surface area contributed by atoms with E-state index in [-0.39, 0.29) is 15.2 Å². The molecule has 1 aromatic heterocycles. The average Bonchev–Trinajstić information content (AvgIpc) is 2.77. The van der Waals surface area contributed by atoms with Gasteiger partial charge < -0.3 is 0 Å². The molecular formula is C11H10BrN5O2S. The molecule has 0 amide bonds. The highest BCUT2D eigenvalue weighted by Crippen LogP contribution is 2.27. The smallest absolute Gasteiger partial charge is 0.267 e. The second-order valence-corrected chi connectivity index (χ2v) is 6.55. The summed E-state index contributed by atoms with van der Waals surface area (Å²) in [7, 11) is -1.01. The molecule has 0 saturated heterocycles. The minimum Gasteiger partial charge on any atom is -0.267 e. The fourth-order valence-electron chi connectivity index (χ4n) is 1.70. The number of anilines is 1. The van der Waals surface area contributed by atoms with Crippen LogP contribution in [-0.2, 0) is 17.1 Å². The summed E-state index contributed by atoms with van der Waals surface area (Å²) in [5, 5.41) is 16.3.